The molecule has 1 unspecified atom stereocenters. The molecule has 0 fully saturated rings. The van der Waals surface area contributed by atoms with E-state index in [0.717, 1.165) is 18.6 Å². The van der Waals surface area contributed by atoms with Crippen LogP contribution in [0.4, 0.5) is 10.1 Å². The topological polar surface area (TPSA) is 91.3 Å². The minimum atomic E-state index is -0.900. The molecule has 0 heterocycles. The van der Waals surface area contributed by atoms with Crippen LogP contribution in [0.25, 0.3) is 0 Å². The molecular weight excluding hydrogens is 321 g/mol. The smallest absolute Gasteiger partial charge is 0.147 e. The Morgan fingerprint density at radius 3 is 2.68 bits per heavy atom. The summed E-state index contributed by atoms with van der Waals surface area (Å²) in [7, 11) is 1.64. The molecule has 0 spiro atoms. The van der Waals surface area contributed by atoms with Crippen LogP contribution in [0.5, 0.6) is 5.75 Å². The van der Waals surface area contributed by atoms with Crippen LogP contribution in [-0.4, -0.2) is 25.3 Å². The molecule has 0 saturated heterocycles. The lowest BCUT2D eigenvalue weighted by molar-refractivity contribution is 0.174. The fourth-order valence-corrected chi connectivity index (χ4v) is 2.49. The summed E-state index contributed by atoms with van der Waals surface area (Å²) in [6.07, 6.45) is 0.906. The molecule has 0 amide bonds. The first-order chi connectivity index (χ1) is 12.0. The summed E-state index contributed by atoms with van der Waals surface area (Å²) < 4.78 is 18.8. The molecule has 2 aromatic rings. The van der Waals surface area contributed by atoms with E-state index < -0.39 is 11.9 Å². The Kier molecular flexibility index (Phi) is 6.75. The standard InChI is InChI=1S/C19H22FN3O2/c1-25-16-6-4-13(5-7-16)3-2-8-23-12-18(24)14-9-15(11-21)19(22)17(20)10-14/h4-7,9-10,18,23-24H,2-3,8,12,22H2,1H3. The van der Waals surface area contributed by atoms with Crippen molar-refractivity contribution < 1.29 is 14.2 Å². The number of halogens is 1. The maximum Gasteiger partial charge on any atom is 0.147 e. The molecule has 0 aliphatic heterocycles. The summed E-state index contributed by atoms with van der Waals surface area (Å²) in [6, 6.07) is 12.3. The average molecular weight is 343 g/mol. The first-order valence-electron chi connectivity index (χ1n) is 8.06. The van der Waals surface area contributed by atoms with Crippen molar-refractivity contribution in [3.05, 3.63) is 58.9 Å². The number of nitrogens with two attached hydrogens (primary N) is 1. The van der Waals surface area contributed by atoms with E-state index in [2.05, 4.69) is 5.32 Å². The van der Waals surface area contributed by atoms with E-state index in [0.29, 0.717) is 12.1 Å². The highest BCUT2D eigenvalue weighted by Crippen LogP contribution is 2.22. The molecule has 25 heavy (non-hydrogen) atoms. The second kappa shape index (κ2) is 9.02. The van der Waals surface area contributed by atoms with Crippen molar-refractivity contribution in [1.29, 1.82) is 5.26 Å². The van der Waals surface area contributed by atoms with Crippen molar-refractivity contribution in [3.8, 4) is 11.8 Å². The number of aliphatic hydroxyl groups excluding tert-OH is 1. The molecule has 0 aromatic heterocycles. The Balaban J connectivity index is 1.77. The van der Waals surface area contributed by atoms with Gasteiger partial charge in [-0.2, -0.15) is 5.26 Å². The Bertz CT molecular complexity index is 742. The minimum Gasteiger partial charge on any atom is -0.497 e. The van der Waals surface area contributed by atoms with Gasteiger partial charge in [0, 0.05) is 6.54 Å². The van der Waals surface area contributed by atoms with Crippen LogP contribution in [0.15, 0.2) is 36.4 Å². The molecule has 0 aliphatic carbocycles. The molecule has 5 nitrogen and oxygen atoms in total. The number of nitriles is 1. The Hall–Kier alpha value is -2.62. The fourth-order valence-electron chi connectivity index (χ4n) is 2.49. The Morgan fingerprint density at radius 1 is 1.32 bits per heavy atom. The van der Waals surface area contributed by atoms with Crippen LogP contribution in [0, 0.1) is 17.1 Å². The van der Waals surface area contributed by atoms with Crippen LogP contribution < -0.4 is 15.8 Å². The number of aryl methyl sites for hydroxylation is 1. The minimum absolute atomic E-state index is 0.0357. The van der Waals surface area contributed by atoms with Crippen LogP contribution >= 0.6 is 0 Å². The predicted octanol–water partition coefficient (Wildman–Crippen LogP) is 2.54. The van der Waals surface area contributed by atoms with Gasteiger partial charge in [-0.05, 0) is 54.8 Å². The number of nitrogens with one attached hydrogen (secondary N) is 1. The Morgan fingerprint density at radius 2 is 2.04 bits per heavy atom. The summed E-state index contributed by atoms with van der Waals surface area (Å²) >= 11 is 0. The number of hydrogen-bond acceptors (Lipinski definition) is 5. The predicted molar refractivity (Wildman–Crippen MR) is 94.7 cm³/mol. The lowest BCUT2D eigenvalue weighted by atomic mass is 10.0. The second-order valence-electron chi connectivity index (χ2n) is 5.75. The zero-order valence-corrected chi connectivity index (χ0v) is 14.1. The summed E-state index contributed by atoms with van der Waals surface area (Å²) in [5.41, 5.74) is 6.87. The first kappa shape index (κ1) is 18.7. The third-order valence-electron chi connectivity index (χ3n) is 3.97. The third kappa shape index (κ3) is 5.18. The molecule has 1 atom stereocenters. The lowest BCUT2D eigenvalue weighted by Gasteiger charge is -2.14. The maximum atomic E-state index is 13.7. The van der Waals surface area contributed by atoms with Crippen molar-refractivity contribution in [2.24, 2.45) is 0 Å². The highest BCUT2D eigenvalue weighted by Gasteiger charge is 2.13. The summed E-state index contributed by atoms with van der Waals surface area (Å²) in [4.78, 5) is 0. The van der Waals surface area contributed by atoms with Crippen LogP contribution in [0.2, 0.25) is 0 Å². The van der Waals surface area contributed by atoms with Gasteiger partial charge in [0.25, 0.3) is 0 Å². The molecule has 2 aromatic carbocycles. The van der Waals surface area contributed by atoms with Crippen molar-refractivity contribution in [2.45, 2.75) is 18.9 Å². The summed E-state index contributed by atoms with van der Waals surface area (Å²) in [5, 5.41) is 22.2. The van der Waals surface area contributed by atoms with E-state index in [4.69, 9.17) is 15.7 Å². The zero-order chi connectivity index (χ0) is 18.2. The number of benzene rings is 2. The van der Waals surface area contributed by atoms with E-state index in [9.17, 15) is 9.50 Å². The lowest BCUT2D eigenvalue weighted by Crippen LogP contribution is -2.23. The van der Waals surface area contributed by atoms with E-state index in [1.54, 1.807) is 7.11 Å². The van der Waals surface area contributed by atoms with E-state index in [1.807, 2.05) is 30.3 Å². The van der Waals surface area contributed by atoms with Crippen LogP contribution in [0.3, 0.4) is 0 Å². The van der Waals surface area contributed by atoms with Crippen molar-refractivity contribution in [2.75, 3.05) is 25.9 Å². The first-order valence-corrected chi connectivity index (χ1v) is 8.06. The number of nitrogens with zero attached hydrogens (tertiary/aromatic N) is 1. The van der Waals surface area contributed by atoms with Crippen molar-refractivity contribution >= 4 is 5.69 Å². The van der Waals surface area contributed by atoms with Gasteiger partial charge >= 0.3 is 0 Å². The van der Waals surface area contributed by atoms with Gasteiger partial charge in [0.15, 0.2) is 0 Å². The largest absolute Gasteiger partial charge is 0.497 e. The van der Waals surface area contributed by atoms with Gasteiger partial charge in [-0.3, -0.25) is 0 Å². The molecule has 0 saturated carbocycles. The molecular formula is C19H22FN3O2. The number of nitrogen functional groups attached to an aromatic ring is 1. The van der Waals surface area contributed by atoms with Gasteiger partial charge in [-0.25, -0.2) is 4.39 Å². The van der Waals surface area contributed by atoms with E-state index in [1.165, 1.54) is 17.7 Å². The monoisotopic (exact) mass is 343 g/mol. The van der Waals surface area contributed by atoms with Crippen LogP contribution in [0.1, 0.15) is 29.2 Å². The quantitative estimate of drug-likeness (QED) is 0.506. The highest BCUT2D eigenvalue weighted by atomic mass is 19.1. The van der Waals surface area contributed by atoms with Gasteiger partial charge < -0.3 is 20.9 Å². The number of aliphatic hydroxyl groups is 1. The Labute approximate surface area is 146 Å². The third-order valence-corrected chi connectivity index (χ3v) is 3.97. The molecule has 132 valence electrons. The number of ether oxygens (including phenoxy) is 1. The van der Waals surface area contributed by atoms with Crippen molar-refractivity contribution in [1.82, 2.24) is 5.32 Å². The number of hydrogen-bond donors (Lipinski definition) is 3. The van der Waals surface area contributed by atoms with E-state index in [-0.39, 0.29) is 17.8 Å². The van der Waals surface area contributed by atoms with Crippen molar-refractivity contribution in [3.63, 3.8) is 0 Å². The van der Waals surface area contributed by atoms with Gasteiger partial charge in [0.05, 0.1) is 24.5 Å². The number of rotatable bonds is 8. The molecule has 0 bridgehead atoms. The summed E-state index contributed by atoms with van der Waals surface area (Å²) in [5.74, 6) is 0.144. The number of anilines is 1. The number of methoxy groups -OCH3 is 1. The van der Waals surface area contributed by atoms with Gasteiger partial charge in [-0.15, -0.1) is 0 Å². The fraction of sp³-hybridized carbons (Fsp3) is 0.316. The molecule has 0 radical (unpaired) electrons. The summed E-state index contributed by atoms with van der Waals surface area (Å²) in [6.45, 7) is 0.989. The normalized spacial score (nSPS) is 11.8. The maximum absolute atomic E-state index is 13.7. The van der Waals surface area contributed by atoms with Gasteiger partial charge in [-0.1, -0.05) is 12.1 Å². The SMILES string of the molecule is COc1ccc(CCCNCC(O)c2cc(F)c(N)c(C#N)c2)cc1. The molecule has 6 heteroatoms. The van der Waals surface area contributed by atoms with Gasteiger partial charge in [0.1, 0.15) is 17.6 Å². The zero-order valence-electron chi connectivity index (χ0n) is 14.1. The van der Waals surface area contributed by atoms with Gasteiger partial charge in [0.2, 0.25) is 0 Å². The highest BCUT2D eigenvalue weighted by molar-refractivity contribution is 5.56. The second-order valence-corrected chi connectivity index (χ2v) is 5.75. The molecule has 2 rings (SSSR count). The van der Waals surface area contributed by atoms with E-state index >= 15 is 0 Å². The average Bonchev–Trinajstić information content (AvgIpc) is 2.63. The molecule has 4 N–H and O–H groups in total. The van der Waals surface area contributed by atoms with Crippen LogP contribution in [-0.2, 0) is 6.42 Å². The molecule has 0 aliphatic rings.